The fourth-order valence-electron chi connectivity index (χ4n) is 1.30. The summed E-state index contributed by atoms with van der Waals surface area (Å²) in [5, 5.41) is 9.40. The highest BCUT2D eigenvalue weighted by molar-refractivity contribution is 7.99. The molecule has 1 rings (SSSR count). The van der Waals surface area contributed by atoms with Crippen LogP contribution in [-0.4, -0.2) is 10.7 Å². The fraction of sp³-hybridized carbons (Fsp3) is 0.385. The Morgan fingerprint density at radius 3 is 2.58 bits per heavy atom. The van der Waals surface area contributed by atoms with Crippen molar-refractivity contribution < 1.29 is 13.2 Å². The molecule has 0 bridgehead atoms. The third kappa shape index (κ3) is 4.60. The van der Waals surface area contributed by atoms with Crippen LogP contribution in [0.15, 0.2) is 29.1 Å². The van der Waals surface area contributed by atoms with Gasteiger partial charge in [-0.3, -0.25) is 0 Å². The van der Waals surface area contributed by atoms with Crippen LogP contribution in [0.3, 0.4) is 0 Å². The number of thioether (sulfide) groups is 1. The third-order valence-corrected chi connectivity index (χ3v) is 3.35. The minimum absolute atomic E-state index is 0.117. The molecule has 0 saturated heterocycles. The smallest absolute Gasteiger partial charge is 0.245 e. The molecule has 0 fully saturated rings. The molecular weight excluding hydrogens is 273 g/mol. The number of pyridine rings is 1. The zero-order valence-corrected chi connectivity index (χ0v) is 11.4. The van der Waals surface area contributed by atoms with Crippen molar-refractivity contribution in [2.75, 3.05) is 5.75 Å². The molecule has 0 N–H and O–H groups in total. The maximum absolute atomic E-state index is 12.6. The first kappa shape index (κ1) is 15.6. The van der Waals surface area contributed by atoms with Gasteiger partial charge >= 0.3 is 6.08 Å². The number of nitrogens with zero attached hydrogens (tertiary/aromatic N) is 2. The van der Waals surface area contributed by atoms with Gasteiger partial charge in [-0.25, -0.2) is 9.37 Å². The molecular formula is C13H13F3N2S. The van der Waals surface area contributed by atoms with Crippen molar-refractivity contribution in [3.63, 3.8) is 0 Å². The number of halogens is 3. The number of hydrogen-bond donors (Lipinski definition) is 0. The molecule has 0 unspecified atom stereocenters. The molecule has 2 nitrogen and oxygen atoms in total. The molecule has 1 aromatic rings. The first-order valence-electron chi connectivity index (χ1n) is 5.69. The molecule has 0 aliphatic rings. The average molecular weight is 286 g/mol. The molecule has 0 spiro atoms. The summed E-state index contributed by atoms with van der Waals surface area (Å²) in [5.74, 6) is -1.09. The lowest BCUT2D eigenvalue weighted by atomic mass is 10.1. The second-order valence-corrected chi connectivity index (χ2v) is 5.20. The molecule has 102 valence electrons. The summed E-state index contributed by atoms with van der Waals surface area (Å²) in [6.45, 7) is 3.92. The van der Waals surface area contributed by atoms with Gasteiger partial charge in [0.05, 0.1) is 5.56 Å². The Balaban J connectivity index is 2.79. The van der Waals surface area contributed by atoms with Crippen molar-refractivity contribution in [1.29, 1.82) is 5.26 Å². The van der Waals surface area contributed by atoms with Crippen LogP contribution in [-0.2, 0) is 0 Å². The maximum atomic E-state index is 12.6. The third-order valence-electron chi connectivity index (χ3n) is 2.36. The van der Waals surface area contributed by atoms with Gasteiger partial charge in [-0.15, -0.1) is 11.8 Å². The Labute approximate surface area is 114 Å². The van der Waals surface area contributed by atoms with Crippen LogP contribution < -0.4 is 0 Å². The van der Waals surface area contributed by atoms with E-state index in [0.29, 0.717) is 10.6 Å². The summed E-state index contributed by atoms with van der Waals surface area (Å²) < 4.78 is 36.4. The fourth-order valence-corrected chi connectivity index (χ4v) is 2.22. The maximum Gasteiger partial charge on any atom is 0.301 e. The van der Waals surface area contributed by atoms with Crippen LogP contribution in [0.4, 0.5) is 13.2 Å². The van der Waals surface area contributed by atoms with Gasteiger partial charge in [-0.05, 0) is 18.1 Å². The predicted octanol–water partition coefficient (Wildman–Crippen LogP) is 4.64. The molecule has 1 aromatic heterocycles. The molecule has 1 heterocycles. The predicted molar refractivity (Wildman–Crippen MR) is 68.7 cm³/mol. The number of rotatable bonds is 5. The molecule has 19 heavy (non-hydrogen) atoms. The molecule has 0 aliphatic heterocycles. The van der Waals surface area contributed by atoms with Crippen molar-refractivity contribution in [1.82, 2.24) is 4.98 Å². The molecule has 0 radical (unpaired) electrons. The summed E-state index contributed by atoms with van der Waals surface area (Å²) in [7, 11) is 0. The Kier molecular flexibility index (Phi) is 5.90. The van der Waals surface area contributed by atoms with E-state index in [4.69, 9.17) is 5.26 Å². The van der Waals surface area contributed by atoms with Gasteiger partial charge in [0, 0.05) is 17.9 Å². The monoisotopic (exact) mass is 286 g/mol. The highest BCUT2D eigenvalue weighted by Gasteiger charge is 2.10. The highest BCUT2D eigenvalue weighted by Crippen LogP contribution is 2.25. The van der Waals surface area contributed by atoms with Crippen LogP contribution in [0, 0.1) is 11.3 Å². The van der Waals surface area contributed by atoms with Gasteiger partial charge in [0.25, 0.3) is 0 Å². The Hall–Kier alpha value is -1.48. The van der Waals surface area contributed by atoms with Crippen LogP contribution in [0.1, 0.15) is 37.4 Å². The van der Waals surface area contributed by atoms with Crippen molar-refractivity contribution in [2.24, 2.45) is 0 Å². The second-order valence-electron chi connectivity index (χ2n) is 4.12. The molecule has 0 saturated carbocycles. The standard InChI is InChI=1S/C13H13F3N2S/c1-8(2)11-4-3-9(7-17)13(18-11)19-6-5-10(14)12(15)16/h3-4,8H,5-6H2,1-2H3. The van der Waals surface area contributed by atoms with Crippen LogP contribution in [0.25, 0.3) is 0 Å². The summed E-state index contributed by atoms with van der Waals surface area (Å²) in [5.41, 5.74) is 1.19. The average Bonchev–Trinajstić information content (AvgIpc) is 2.38. The Morgan fingerprint density at radius 2 is 2.05 bits per heavy atom. The molecule has 0 amide bonds. The normalized spacial score (nSPS) is 10.4. The van der Waals surface area contributed by atoms with Gasteiger partial charge in [-0.1, -0.05) is 13.8 Å². The minimum Gasteiger partial charge on any atom is -0.245 e. The lowest BCUT2D eigenvalue weighted by Gasteiger charge is -2.08. The van der Waals surface area contributed by atoms with Gasteiger partial charge in [0.1, 0.15) is 11.1 Å². The van der Waals surface area contributed by atoms with Crippen LogP contribution in [0.5, 0.6) is 0 Å². The van der Waals surface area contributed by atoms with Crippen LogP contribution in [0.2, 0.25) is 0 Å². The number of aromatic nitrogens is 1. The van der Waals surface area contributed by atoms with Gasteiger partial charge in [-0.2, -0.15) is 14.0 Å². The van der Waals surface area contributed by atoms with E-state index in [9.17, 15) is 13.2 Å². The molecule has 0 aliphatic carbocycles. The topological polar surface area (TPSA) is 36.7 Å². The zero-order valence-electron chi connectivity index (χ0n) is 10.6. The lowest BCUT2D eigenvalue weighted by molar-refractivity contribution is 0.373. The van der Waals surface area contributed by atoms with Crippen LogP contribution >= 0.6 is 11.8 Å². The largest absolute Gasteiger partial charge is 0.301 e. The minimum atomic E-state index is -2.29. The van der Waals surface area contributed by atoms with E-state index >= 15 is 0 Å². The molecule has 0 aromatic carbocycles. The van der Waals surface area contributed by atoms with E-state index in [1.165, 1.54) is 0 Å². The molecule has 6 heteroatoms. The van der Waals surface area contributed by atoms with Crippen molar-refractivity contribution in [3.8, 4) is 6.07 Å². The lowest BCUT2D eigenvalue weighted by Crippen LogP contribution is -1.97. The van der Waals surface area contributed by atoms with Crippen molar-refractivity contribution in [2.45, 2.75) is 31.2 Å². The van der Waals surface area contributed by atoms with Gasteiger partial charge in [0.2, 0.25) is 0 Å². The van der Waals surface area contributed by atoms with E-state index < -0.39 is 11.9 Å². The van der Waals surface area contributed by atoms with E-state index in [-0.39, 0.29) is 18.1 Å². The summed E-state index contributed by atoms with van der Waals surface area (Å²) in [6, 6.07) is 5.39. The first-order chi connectivity index (χ1) is 8.95. The van der Waals surface area contributed by atoms with E-state index in [0.717, 1.165) is 17.5 Å². The van der Waals surface area contributed by atoms with E-state index in [1.807, 2.05) is 19.9 Å². The SMILES string of the molecule is CC(C)c1ccc(C#N)c(SCCC(F)=C(F)F)n1. The number of nitriles is 1. The summed E-state index contributed by atoms with van der Waals surface area (Å²) in [4.78, 5) is 4.30. The Morgan fingerprint density at radius 1 is 1.37 bits per heavy atom. The van der Waals surface area contributed by atoms with Gasteiger partial charge in [0.15, 0.2) is 5.83 Å². The van der Waals surface area contributed by atoms with Crippen molar-refractivity contribution in [3.05, 3.63) is 35.3 Å². The molecule has 0 atom stereocenters. The number of allylic oxidation sites excluding steroid dienone is 1. The summed E-state index contributed by atoms with van der Waals surface area (Å²) in [6.07, 6.45) is -2.66. The van der Waals surface area contributed by atoms with E-state index in [2.05, 4.69) is 4.98 Å². The highest BCUT2D eigenvalue weighted by atomic mass is 32.2. The summed E-state index contributed by atoms with van der Waals surface area (Å²) >= 11 is 1.11. The number of hydrogen-bond acceptors (Lipinski definition) is 3. The quantitative estimate of drug-likeness (QED) is 0.740. The Bertz CT molecular complexity index is 517. The van der Waals surface area contributed by atoms with Gasteiger partial charge < -0.3 is 0 Å². The second kappa shape index (κ2) is 7.19. The van der Waals surface area contributed by atoms with E-state index in [1.54, 1.807) is 12.1 Å². The first-order valence-corrected chi connectivity index (χ1v) is 6.67. The van der Waals surface area contributed by atoms with Crippen molar-refractivity contribution >= 4 is 11.8 Å². The zero-order chi connectivity index (χ0) is 14.4.